The zero-order valence-corrected chi connectivity index (χ0v) is 26.8. The Labute approximate surface area is 276 Å². The Kier molecular flexibility index (Phi) is 8.02. The van der Waals surface area contributed by atoms with E-state index in [1.807, 2.05) is 91.4 Å². The average molecular weight is 640 g/mol. The molecule has 7 rings (SSSR count). The van der Waals surface area contributed by atoms with Gasteiger partial charge in [-0.05, 0) is 34.9 Å². The van der Waals surface area contributed by atoms with Crippen molar-refractivity contribution in [3.05, 3.63) is 143 Å². The van der Waals surface area contributed by atoms with E-state index in [1.54, 1.807) is 0 Å². The third-order valence-electron chi connectivity index (χ3n) is 8.75. The third kappa shape index (κ3) is 5.49. The minimum atomic E-state index is -0.388. The number of nitrogens with zero attached hydrogens (tertiary/aromatic N) is 3. The normalized spacial score (nSPS) is 11.3. The van der Waals surface area contributed by atoms with Gasteiger partial charge in [-0.25, -0.2) is 14.4 Å². The highest BCUT2D eigenvalue weighted by Crippen LogP contribution is 2.28. The van der Waals surface area contributed by atoms with Gasteiger partial charge < -0.3 is 27.9 Å². The van der Waals surface area contributed by atoms with Crippen LogP contribution in [0.1, 0.15) is 47.8 Å². The number of ether oxygens (including phenoxy) is 3. The quantitative estimate of drug-likeness (QED) is 0.124. The van der Waals surface area contributed by atoms with Gasteiger partial charge in [0.05, 0.1) is 38.0 Å². The maximum Gasteiger partial charge on any atom is 0.340 e. The van der Waals surface area contributed by atoms with E-state index in [1.165, 1.54) is 21.3 Å². The summed E-state index contributed by atoms with van der Waals surface area (Å²) in [6.45, 7) is 1.49. The molecular formula is C39H33N3O6. The zero-order valence-electron chi connectivity index (χ0n) is 26.8. The molecule has 0 saturated heterocycles. The average Bonchev–Trinajstić information content (AvgIpc) is 3.79. The fourth-order valence-corrected chi connectivity index (χ4v) is 6.65. The van der Waals surface area contributed by atoms with Crippen LogP contribution in [0, 0.1) is 0 Å². The summed E-state index contributed by atoms with van der Waals surface area (Å²) in [6, 6.07) is 29.8. The van der Waals surface area contributed by atoms with Gasteiger partial charge in [0.2, 0.25) is 0 Å². The molecule has 9 nitrogen and oxygen atoms in total. The Morgan fingerprint density at radius 1 is 0.458 bits per heavy atom. The van der Waals surface area contributed by atoms with Gasteiger partial charge >= 0.3 is 17.9 Å². The molecule has 3 aromatic heterocycles. The predicted molar refractivity (Wildman–Crippen MR) is 184 cm³/mol. The third-order valence-corrected chi connectivity index (χ3v) is 8.75. The van der Waals surface area contributed by atoms with Crippen molar-refractivity contribution in [3.8, 4) is 0 Å². The second-order valence-electron chi connectivity index (χ2n) is 11.7. The summed E-state index contributed by atoms with van der Waals surface area (Å²) < 4.78 is 21.4. The Morgan fingerprint density at radius 3 is 1.00 bits per heavy atom. The molecule has 7 aromatic rings. The number of hydrogen-bond acceptors (Lipinski definition) is 6. The van der Waals surface area contributed by atoms with Crippen LogP contribution in [0.2, 0.25) is 0 Å². The van der Waals surface area contributed by atoms with E-state index in [0.29, 0.717) is 36.3 Å². The van der Waals surface area contributed by atoms with Crippen molar-refractivity contribution in [3.63, 3.8) is 0 Å². The predicted octanol–water partition coefficient (Wildman–Crippen LogP) is 7.06. The van der Waals surface area contributed by atoms with Crippen molar-refractivity contribution in [2.45, 2.75) is 19.6 Å². The number of methoxy groups -OCH3 is 3. The number of benzene rings is 4. The Bertz CT molecular complexity index is 2080. The van der Waals surface area contributed by atoms with Gasteiger partial charge in [-0.15, -0.1) is 0 Å². The van der Waals surface area contributed by atoms with Gasteiger partial charge in [-0.2, -0.15) is 0 Å². The molecule has 0 aliphatic rings. The topological polar surface area (TPSA) is 93.7 Å². The highest BCUT2D eigenvalue weighted by molar-refractivity contribution is 6.06. The number of fused-ring (bicyclic) bond motifs is 3. The summed E-state index contributed by atoms with van der Waals surface area (Å²) in [5, 5.41) is 2.47. The Morgan fingerprint density at radius 2 is 0.729 bits per heavy atom. The van der Waals surface area contributed by atoms with Crippen LogP contribution < -0.4 is 0 Å². The van der Waals surface area contributed by atoms with E-state index in [0.717, 1.165) is 49.4 Å². The molecule has 0 radical (unpaired) electrons. The van der Waals surface area contributed by atoms with Crippen LogP contribution in [0.25, 0.3) is 32.7 Å². The molecule has 0 N–H and O–H groups in total. The fourth-order valence-electron chi connectivity index (χ4n) is 6.65. The van der Waals surface area contributed by atoms with Gasteiger partial charge in [-0.3, -0.25) is 0 Å². The van der Waals surface area contributed by atoms with Crippen molar-refractivity contribution in [2.24, 2.45) is 0 Å². The lowest BCUT2D eigenvalue weighted by Crippen LogP contribution is -2.06. The number of hydrogen-bond donors (Lipinski definition) is 0. The molecule has 0 aliphatic heterocycles. The summed E-state index contributed by atoms with van der Waals surface area (Å²) in [5.41, 5.74) is 7.35. The standard InChI is InChI=1S/C39H33N3O6/c1-46-37(43)31-22-40(34-13-7-4-10-28(31)34)19-25-16-26(20-41-23-32(38(44)47-2)29-11-5-8-14-35(29)41)18-27(17-25)21-42-24-33(39(45)48-3)30-12-6-9-15-36(30)42/h4-18,22-24H,19-21H2,1-3H3. The minimum absolute atomic E-state index is 0.388. The van der Waals surface area contributed by atoms with Crippen LogP contribution >= 0.6 is 0 Å². The Hall–Kier alpha value is -6.09. The lowest BCUT2D eigenvalue weighted by atomic mass is 10.0. The monoisotopic (exact) mass is 639 g/mol. The first kappa shape index (κ1) is 30.6. The summed E-state index contributed by atoms with van der Waals surface area (Å²) in [5.74, 6) is -1.16. The molecule has 0 saturated carbocycles. The summed E-state index contributed by atoms with van der Waals surface area (Å²) in [7, 11) is 4.16. The largest absolute Gasteiger partial charge is 0.465 e. The van der Waals surface area contributed by atoms with Gasteiger partial charge in [0.1, 0.15) is 0 Å². The molecule has 0 fully saturated rings. The zero-order chi connectivity index (χ0) is 33.4. The van der Waals surface area contributed by atoms with Crippen LogP contribution in [-0.2, 0) is 33.8 Å². The number of esters is 3. The van der Waals surface area contributed by atoms with Crippen molar-refractivity contribution in [1.29, 1.82) is 0 Å². The van der Waals surface area contributed by atoms with Gasteiger partial charge in [0.15, 0.2) is 0 Å². The summed E-state index contributed by atoms with van der Waals surface area (Å²) >= 11 is 0. The highest BCUT2D eigenvalue weighted by Gasteiger charge is 2.19. The first-order valence-electron chi connectivity index (χ1n) is 15.5. The number of rotatable bonds is 9. The molecule has 0 bridgehead atoms. The van der Waals surface area contributed by atoms with Crippen LogP contribution in [0.3, 0.4) is 0 Å². The van der Waals surface area contributed by atoms with E-state index < -0.39 is 0 Å². The Balaban J connectivity index is 1.34. The lowest BCUT2D eigenvalue weighted by Gasteiger charge is -2.14. The molecule has 0 aliphatic carbocycles. The van der Waals surface area contributed by atoms with E-state index in [2.05, 4.69) is 31.9 Å². The van der Waals surface area contributed by atoms with E-state index in [4.69, 9.17) is 14.2 Å². The van der Waals surface area contributed by atoms with Gasteiger partial charge in [0, 0.05) is 70.9 Å². The van der Waals surface area contributed by atoms with Gasteiger partial charge in [-0.1, -0.05) is 72.8 Å². The molecule has 4 aromatic carbocycles. The van der Waals surface area contributed by atoms with Crippen LogP contribution in [0.5, 0.6) is 0 Å². The maximum atomic E-state index is 12.7. The molecule has 0 spiro atoms. The van der Waals surface area contributed by atoms with Crippen LogP contribution in [0.4, 0.5) is 0 Å². The number of carbonyl (C=O) groups is 3. The first-order valence-corrected chi connectivity index (χ1v) is 15.5. The molecule has 3 heterocycles. The van der Waals surface area contributed by atoms with Crippen molar-refractivity contribution in [1.82, 2.24) is 13.7 Å². The minimum Gasteiger partial charge on any atom is -0.465 e. The van der Waals surface area contributed by atoms with Crippen molar-refractivity contribution in [2.75, 3.05) is 21.3 Å². The first-order chi connectivity index (χ1) is 23.4. The van der Waals surface area contributed by atoms with E-state index in [-0.39, 0.29) is 17.9 Å². The molecule has 0 atom stereocenters. The highest BCUT2D eigenvalue weighted by atomic mass is 16.5. The van der Waals surface area contributed by atoms with E-state index in [9.17, 15) is 14.4 Å². The summed E-state index contributed by atoms with van der Waals surface area (Å²) in [6.07, 6.45) is 5.52. The number of carbonyl (C=O) groups excluding carboxylic acids is 3. The number of para-hydroxylation sites is 3. The number of aromatic nitrogens is 3. The molecule has 240 valence electrons. The van der Waals surface area contributed by atoms with E-state index >= 15 is 0 Å². The van der Waals surface area contributed by atoms with Crippen molar-refractivity contribution < 1.29 is 28.6 Å². The molecule has 0 amide bonds. The van der Waals surface area contributed by atoms with Gasteiger partial charge in [0.25, 0.3) is 0 Å². The molecule has 48 heavy (non-hydrogen) atoms. The fraction of sp³-hybridized carbons (Fsp3) is 0.154. The van der Waals surface area contributed by atoms with Crippen LogP contribution in [-0.4, -0.2) is 52.9 Å². The summed E-state index contributed by atoms with van der Waals surface area (Å²) in [4.78, 5) is 38.0. The lowest BCUT2D eigenvalue weighted by molar-refractivity contribution is 0.0594. The van der Waals surface area contributed by atoms with Crippen LogP contribution in [0.15, 0.2) is 110 Å². The SMILES string of the molecule is COC(=O)c1cn(Cc2cc(Cn3cc(C(=O)OC)c4ccccc43)cc(Cn3cc(C(=O)OC)c4ccccc43)c2)c2ccccc12. The molecule has 0 unspecified atom stereocenters. The molecular weight excluding hydrogens is 606 g/mol. The maximum absolute atomic E-state index is 12.7. The van der Waals surface area contributed by atoms with Crippen molar-refractivity contribution >= 4 is 50.6 Å². The smallest absolute Gasteiger partial charge is 0.340 e. The molecule has 9 heteroatoms. The second-order valence-corrected chi connectivity index (χ2v) is 11.7. The second kappa shape index (κ2) is 12.6.